The molecule has 0 radical (unpaired) electrons. The molecule has 5 heteroatoms. The molecule has 0 saturated heterocycles. The third-order valence-corrected chi connectivity index (χ3v) is 3.19. The summed E-state index contributed by atoms with van der Waals surface area (Å²) in [7, 11) is 1.33. The second kappa shape index (κ2) is 8.88. The lowest BCUT2D eigenvalue weighted by Gasteiger charge is -2.29. The van der Waals surface area contributed by atoms with Crippen LogP contribution in [0.3, 0.4) is 0 Å². The second-order valence-corrected chi connectivity index (χ2v) is 5.92. The molecule has 0 saturated carbocycles. The van der Waals surface area contributed by atoms with Gasteiger partial charge in [0.15, 0.2) is 0 Å². The Bertz CT molecular complexity index is 565. The van der Waals surface area contributed by atoms with Crippen LogP contribution in [0.1, 0.15) is 19.4 Å². The van der Waals surface area contributed by atoms with E-state index in [1.54, 1.807) is 11.1 Å². The molecule has 1 aromatic carbocycles. The first-order valence-corrected chi connectivity index (χ1v) is 7.41. The van der Waals surface area contributed by atoms with Crippen molar-refractivity contribution in [2.45, 2.75) is 20.4 Å². The zero-order valence-corrected chi connectivity index (χ0v) is 14.0. The summed E-state index contributed by atoms with van der Waals surface area (Å²) in [6.45, 7) is 8.43. The molecule has 0 aliphatic heterocycles. The van der Waals surface area contributed by atoms with Crippen molar-refractivity contribution in [3.8, 4) is 0 Å². The van der Waals surface area contributed by atoms with E-state index in [4.69, 9.17) is 0 Å². The number of carbonyl (C=O) groups excluding carboxylic acids is 2. The van der Waals surface area contributed by atoms with Crippen LogP contribution in [0.15, 0.2) is 48.0 Å². The van der Waals surface area contributed by atoms with Gasteiger partial charge in [-0.3, -0.25) is 14.6 Å². The maximum absolute atomic E-state index is 12.1. The highest BCUT2D eigenvalue weighted by molar-refractivity contribution is 5.87. The van der Waals surface area contributed by atoms with Gasteiger partial charge in [-0.05, 0) is 11.6 Å². The lowest BCUT2D eigenvalue weighted by atomic mass is 9.94. The maximum atomic E-state index is 12.1. The molecule has 0 heterocycles. The molecule has 5 nitrogen and oxygen atoms in total. The van der Waals surface area contributed by atoms with E-state index in [2.05, 4.69) is 16.3 Å². The number of carbonyl (C=O) groups is 2. The first-order valence-electron chi connectivity index (χ1n) is 7.41. The predicted molar refractivity (Wildman–Crippen MR) is 91.2 cm³/mol. The molecule has 0 aliphatic rings. The lowest BCUT2D eigenvalue weighted by molar-refractivity contribution is -0.138. The Kier molecular flexibility index (Phi) is 7.19. The second-order valence-electron chi connectivity index (χ2n) is 5.92. The van der Waals surface area contributed by atoms with Gasteiger partial charge in [0.1, 0.15) is 6.54 Å². The van der Waals surface area contributed by atoms with Crippen molar-refractivity contribution < 1.29 is 14.3 Å². The fraction of sp³-hybridized carbons (Fsp3) is 0.389. The number of amides is 1. The van der Waals surface area contributed by atoms with Crippen LogP contribution in [0.4, 0.5) is 0 Å². The zero-order chi connectivity index (χ0) is 17.3. The lowest BCUT2D eigenvalue weighted by Crippen LogP contribution is -2.38. The number of rotatable bonds is 8. The summed E-state index contributed by atoms with van der Waals surface area (Å²) in [5.74, 6) is -0.524. The molecular formula is C18H24N2O3. The van der Waals surface area contributed by atoms with Crippen LogP contribution in [0, 0.1) is 5.41 Å². The van der Waals surface area contributed by atoms with Gasteiger partial charge in [0.25, 0.3) is 0 Å². The summed E-state index contributed by atoms with van der Waals surface area (Å²) in [4.78, 5) is 29.0. The largest absolute Gasteiger partial charge is 0.468 e. The molecule has 0 aromatic heterocycles. The highest BCUT2D eigenvalue weighted by Gasteiger charge is 2.22. The Morgan fingerprint density at radius 1 is 1.30 bits per heavy atom. The monoisotopic (exact) mass is 316 g/mol. The number of hydrogen-bond donors (Lipinski definition) is 0. The van der Waals surface area contributed by atoms with E-state index < -0.39 is 0 Å². The van der Waals surface area contributed by atoms with Gasteiger partial charge < -0.3 is 9.64 Å². The number of methoxy groups -OCH3 is 1. The third kappa shape index (κ3) is 6.91. The van der Waals surface area contributed by atoms with Crippen LogP contribution in [0.2, 0.25) is 0 Å². The summed E-state index contributed by atoms with van der Waals surface area (Å²) in [5, 5.41) is 0. The molecule has 124 valence electrons. The zero-order valence-electron chi connectivity index (χ0n) is 14.0. The Hall–Kier alpha value is -2.43. The van der Waals surface area contributed by atoms with Crippen LogP contribution in [0.25, 0.3) is 0 Å². The fourth-order valence-corrected chi connectivity index (χ4v) is 2.11. The van der Waals surface area contributed by atoms with Gasteiger partial charge in [-0.2, -0.15) is 0 Å². The Balaban J connectivity index is 2.77. The van der Waals surface area contributed by atoms with Gasteiger partial charge in [0, 0.05) is 24.7 Å². The van der Waals surface area contributed by atoms with Crippen LogP contribution in [-0.4, -0.2) is 43.2 Å². The minimum Gasteiger partial charge on any atom is -0.468 e. The average Bonchev–Trinajstić information content (AvgIpc) is 2.53. The standard InChI is InChI=1S/C18H24N2O3/c1-5-16(21)20(12-15-9-7-6-8-10-15)14-18(2,3)13-19-11-17(22)23-4/h5-10,13H,1,11-12,14H2,2-4H3. The highest BCUT2D eigenvalue weighted by Crippen LogP contribution is 2.17. The van der Waals surface area contributed by atoms with E-state index in [1.807, 2.05) is 44.2 Å². The van der Waals surface area contributed by atoms with Crippen molar-refractivity contribution in [1.29, 1.82) is 0 Å². The topological polar surface area (TPSA) is 59.0 Å². The van der Waals surface area contributed by atoms with Crippen LogP contribution < -0.4 is 0 Å². The fourth-order valence-electron chi connectivity index (χ4n) is 2.11. The van der Waals surface area contributed by atoms with Crippen LogP contribution in [0.5, 0.6) is 0 Å². The number of hydrogen-bond acceptors (Lipinski definition) is 4. The van der Waals surface area contributed by atoms with E-state index in [-0.39, 0.29) is 23.8 Å². The van der Waals surface area contributed by atoms with Crippen molar-refractivity contribution in [2.24, 2.45) is 10.4 Å². The Morgan fingerprint density at radius 3 is 2.52 bits per heavy atom. The summed E-state index contributed by atoms with van der Waals surface area (Å²) in [6, 6.07) is 9.76. The third-order valence-electron chi connectivity index (χ3n) is 3.19. The van der Waals surface area contributed by atoms with Gasteiger partial charge in [0.2, 0.25) is 5.91 Å². The molecule has 0 fully saturated rings. The molecule has 0 atom stereocenters. The van der Waals surface area contributed by atoms with E-state index in [0.717, 1.165) is 5.56 Å². The van der Waals surface area contributed by atoms with E-state index in [1.165, 1.54) is 13.2 Å². The van der Waals surface area contributed by atoms with Gasteiger partial charge in [-0.15, -0.1) is 0 Å². The summed E-state index contributed by atoms with van der Waals surface area (Å²) >= 11 is 0. The van der Waals surface area contributed by atoms with Crippen molar-refractivity contribution in [2.75, 3.05) is 20.2 Å². The Morgan fingerprint density at radius 2 is 1.96 bits per heavy atom. The van der Waals surface area contributed by atoms with E-state index in [0.29, 0.717) is 13.1 Å². The molecule has 1 aromatic rings. The molecule has 23 heavy (non-hydrogen) atoms. The van der Waals surface area contributed by atoms with Crippen molar-refractivity contribution in [1.82, 2.24) is 4.90 Å². The molecule has 0 spiro atoms. The van der Waals surface area contributed by atoms with Crippen LogP contribution >= 0.6 is 0 Å². The number of ether oxygens (including phenoxy) is 1. The predicted octanol–water partition coefficient (Wildman–Crippen LogP) is 2.47. The molecule has 1 amide bonds. The van der Waals surface area contributed by atoms with Gasteiger partial charge in [-0.25, -0.2) is 0 Å². The minimum atomic E-state index is -0.389. The van der Waals surface area contributed by atoms with Gasteiger partial charge in [-0.1, -0.05) is 50.8 Å². The Labute approximate surface area is 137 Å². The summed E-state index contributed by atoms with van der Waals surface area (Å²) < 4.78 is 4.55. The summed E-state index contributed by atoms with van der Waals surface area (Å²) in [5.41, 5.74) is 0.673. The van der Waals surface area contributed by atoms with Crippen molar-refractivity contribution in [3.05, 3.63) is 48.6 Å². The first-order chi connectivity index (χ1) is 10.9. The molecular weight excluding hydrogens is 292 g/mol. The molecule has 0 aliphatic carbocycles. The smallest absolute Gasteiger partial charge is 0.327 e. The molecule has 0 N–H and O–H groups in total. The molecule has 0 bridgehead atoms. The van der Waals surface area contributed by atoms with E-state index in [9.17, 15) is 9.59 Å². The van der Waals surface area contributed by atoms with Crippen LogP contribution in [-0.2, 0) is 20.9 Å². The van der Waals surface area contributed by atoms with Gasteiger partial charge >= 0.3 is 5.97 Å². The van der Waals surface area contributed by atoms with Gasteiger partial charge in [0.05, 0.1) is 7.11 Å². The first kappa shape index (κ1) is 18.6. The quantitative estimate of drug-likeness (QED) is 0.420. The normalized spacial score (nSPS) is 11.3. The molecule has 0 unspecified atom stereocenters. The number of esters is 1. The van der Waals surface area contributed by atoms with E-state index >= 15 is 0 Å². The number of nitrogens with zero attached hydrogens (tertiary/aromatic N) is 2. The maximum Gasteiger partial charge on any atom is 0.327 e. The van der Waals surface area contributed by atoms with Crippen molar-refractivity contribution >= 4 is 18.1 Å². The number of benzene rings is 1. The molecule has 1 rings (SSSR count). The SMILES string of the molecule is C=CC(=O)N(Cc1ccccc1)CC(C)(C)C=NCC(=O)OC. The minimum absolute atomic E-state index is 0.0198. The van der Waals surface area contributed by atoms with Crippen molar-refractivity contribution in [3.63, 3.8) is 0 Å². The average molecular weight is 316 g/mol. The number of aliphatic imine (C=N–C) groups is 1. The highest BCUT2D eigenvalue weighted by atomic mass is 16.5. The summed E-state index contributed by atoms with van der Waals surface area (Å²) in [6.07, 6.45) is 3.00.